The summed E-state index contributed by atoms with van der Waals surface area (Å²) in [5, 5.41) is 7.51. The second kappa shape index (κ2) is 6.75. The van der Waals surface area contributed by atoms with Crippen molar-refractivity contribution < 1.29 is 4.79 Å². The van der Waals surface area contributed by atoms with Gasteiger partial charge >= 0.3 is 0 Å². The summed E-state index contributed by atoms with van der Waals surface area (Å²) in [7, 11) is 3.97. The van der Waals surface area contributed by atoms with Crippen molar-refractivity contribution in [2.45, 2.75) is 20.8 Å². The first-order valence-electron chi connectivity index (χ1n) is 7.47. The van der Waals surface area contributed by atoms with Crippen molar-refractivity contribution in [3.05, 3.63) is 46.8 Å². The number of hydrogen-bond acceptors (Lipinski definition) is 3. The number of nitrogens with zero attached hydrogens (tertiary/aromatic N) is 3. The Bertz CT molecular complexity index is 673. The lowest BCUT2D eigenvalue weighted by Crippen LogP contribution is -2.31. The number of carbonyl (C=O) groups excluding carboxylic acids is 1. The van der Waals surface area contributed by atoms with Gasteiger partial charge in [-0.15, -0.1) is 0 Å². The lowest BCUT2D eigenvalue weighted by atomic mass is 10.1. The topological polar surface area (TPSA) is 50.2 Å². The van der Waals surface area contributed by atoms with Crippen LogP contribution in [0.3, 0.4) is 0 Å². The Morgan fingerprint density at radius 1 is 1.23 bits per heavy atom. The molecule has 0 unspecified atom stereocenters. The Morgan fingerprint density at radius 2 is 1.91 bits per heavy atom. The van der Waals surface area contributed by atoms with E-state index in [9.17, 15) is 4.79 Å². The molecule has 1 amide bonds. The standard InChI is InChI=1S/C17H24N4O/c1-12-8-6-7-9-15(12)21-14(3)16(13(2)19-21)17(22)18-10-11-20(4)5/h6-9H,10-11H2,1-5H3,(H,18,22). The van der Waals surface area contributed by atoms with Crippen LogP contribution in [0.25, 0.3) is 5.69 Å². The first-order chi connectivity index (χ1) is 10.4. The van der Waals surface area contributed by atoms with E-state index in [0.29, 0.717) is 12.1 Å². The average Bonchev–Trinajstić information content (AvgIpc) is 2.74. The van der Waals surface area contributed by atoms with Gasteiger partial charge in [0.25, 0.3) is 5.91 Å². The smallest absolute Gasteiger partial charge is 0.255 e. The van der Waals surface area contributed by atoms with Gasteiger partial charge in [-0.3, -0.25) is 4.79 Å². The predicted molar refractivity (Wildman–Crippen MR) is 88.7 cm³/mol. The van der Waals surface area contributed by atoms with Crippen LogP contribution in [0.4, 0.5) is 0 Å². The average molecular weight is 300 g/mol. The van der Waals surface area contributed by atoms with E-state index in [1.54, 1.807) is 0 Å². The second-order valence-electron chi connectivity index (χ2n) is 5.80. The van der Waals surface area contributed by atoms with Gasteiger partial charge in [0.05, 0.1) is 22.6 Å². The molecule has 0 aliphatic rings. The molecule has 1 aromatic heterocycles. The number of nitrogens with one attached hydrogen (secondary N) is 1. The summed E-state index contributed by atoms with van der Waals surface area (Å²) in [6.45, 7) is 7.30. The van der Waals surface area contributed by atoms with E-state index in [0.717, 1.165) is 29.2 Å². The van der Waals surface area contributed by atoms with Gasteiger partial charge in [0, 0.05) is 13.1 Å². The SMILES string of the molecule is Cc1ccccc1-n1nc(C)c(C(=O)NCCN(C)C)c1C. The molecule has 2 aromatic rings. The van der Waals surface area contributed by atoms with Gasteiger partial charge in [0.1, 0.15) is 0 Å². The molecule has 0 saturated carbocycles. The van der Waals surface area contributed by atoms with Crippen LogP contribution in [0.2, 0.25) is 0 Å². The molecule has 0 bridgehead atoms. The fourth-order valence-electron chi connectivity index (χ4n) is 2.49. The van der Waals surface area contributed by atoms with Crippen LogP contribution in [-0.2, 0) is 0 Å². The summed E-state index contributed by atoms with van der Waals surface area (Å²) in [6, 6.07) is 8.04. The number of benzene rings is 1. The summed E-state index contributed by atoms with van der Waals surface area (Å²) in [6.07, 6.45) is 0. The number of aromatic nitrogens is 2. The minimum Gasteiger partial charge on any atom is -0.351 e. The second-order valence-corrected chi connectivity index (χ2v) is 5.80. The predicted octanol–water partition coefficient (Wildman–Crippen LogP) is 2.09. The number of likely N-dealkylation sites (N-methyl/N-ethyl adjacent to an activating group) is 1. The monoisotopic (exact) mass is 300 g/mol. The quantitative estimate of drug-likeness (QED) is 0.920. The molecule has 22 heavy (non-hydrogen) atoms. The maximum Gasteiger partial charge on any atom is 0.255 e. The molecule has 2 rings (SSSR count). The molecule has 1 aromatic carbocycles. The van der Waals surface area contributed by atoms with E-state index in [2.05, 4.69) is 10.4 Å². The van der Waals surface area contributed by atoms with Crippen LogP contribution >= 0.6 is 0 Å². The number of amides is 1. The highest BCUT2D eigenvalue weighted by Crippen LogP contribution is 2.20. The van der Waals surface area contributed by atoms with Crippen molar-refractivity contribution in [2.75, 3.05) is 27.2 Å². The fourth-order valence-corrected chi connectivity index (χ4v) is 2.49. The van der Waals surface area contributed by atoms with E-state index in [1.165, 1.54) is 0 Å². The van der Waals surface area contributed by atoms with Crippen molar-refractivity contribution >= 4 is 5.91 Å². The molecule has 0 fully saturated rings. The maximum atomic E-state index is 12.4. The minimum absolute atomic E-state index is 0.0586. The third-order valence-corrected chi connectivity index (χ3v) is 3.71. The van der Waals surface area contributed by atoms with Gasteiger partial charge in [0.2, 0.25) is 0 Å². The van der Waals surface area contributed by atoms with Gasteiger partial charge < -0.3 is 10.2 Å². The molecule has 0 aliphatic heterocycles. The molecule has 5 nitrogen and oxygen atoms in total. The number of hydrogen-bond donors (Lipinski definition) is 1. The zero-order valence-electron chi connectivity index (χ0n) is 14.0. The molecule has 0 atom stereocenters. The molecule has 0 spiro atoms. The summed E-state index contributed by atoms with van der Waals surface area (Å²) in [4.78, 5) is 14.5. The summed E-state index contributed by atoms with van der Waals surface area (Å²) in [5.74, 6) is -0.0586. The Hall–Kier alpha value is -2.14. The van der Waals surface area contributed by atoms with Crippen molar-refractivity contribution in [1.82, 2.24) is 20.0 Å². The fraction of sp³-hybridized carbons (Fsp3) is 0.412. The summed E-state index contributed by atoms with van der Waals surface area (Å²) < 4.78 is 1.85. The Morgan fingerprint density at radius 3 is 2.55 bits per heavy atom. The van der Waals surface area contributed by atoms with Gasteiger partial charge in [-0.2, -0.15) is 5.10 Å². The van der Waals surface area contributed by atoms with E-state index >= 15 is 0 Å². The molecule has 1 heterocycles. The van der Waals surface area contributed by atoms with Crippen LogP contribution in [0, 0.1) is 20.8 Å². The van der Waals surface area contributed by atoms with Crippen LogP contribution in [0.5, 0.6) is 0 Å². The van der Waals surface area contributed by atoms with E-state index < -0.39 is 0 Å². The number of carbonyl (C=O) groups is 1. The summed E-state index contributed by atoms with van der Waals surface area (Å²) in [5.41, 5.74) is 4.43. The third-order valence-electron chi connectivity index (χ3n) is 3.71. The zero-order chi connectivity index (χ0) is 16.3. The molecule has 5 heteroatoms. The molecule has 0 saturated heterocycles. The van der Waals surface area contributed by atoms with Gasteiger partial charge in [-0.25, -0.2) is 4.68 Å². The van der Waals surface area contributed by atoms with Crippen molar-refractivity contribution in [1.29, 1.82) is 0 Å². The van der Waals surface area contributed by atoms with Gasteiger partial charge in [-0.05, 0) is 46.5 Å². The molecule has 118 valence electrons. The highest BCUT2D eigenvalue weighted by Gasteiger charge is 2.19. The van der Waals surface area contributed by atoms with E-state index in [1.807, 2.05) is 68.7 Å². The number of para-hydroxylation sites is 1. The van der Waals surface area contributed by atoms with E-state index in [4.69, 9.17) is 0 Å². The van der Waals surface area contributed by atoms with Crippen LogP contribution < -0.4 is 5.32 Å². The normalized spacial score (nSPS) is 11.0. The third kappa shape index (κ3) is 3.36. The van der Waals surface area contributed by atoms with Crippen LogP contribution in [-0.4, -0.2) is 47.8 Å². The Balaban J connectivity index is 2.28. The lowest BCUT2D eigenvalue weighted by Gasteiger charge is -2.11. The lowest BCUT2D eigenvalue weighted by molar-refractivity contribution is 0.0950. The van der Waals surface area contributed by atoms with Crippen molar-refractivity contribution in [3.8, 4) is 5.69 Å². The zero-order valence-corrected chi connectivity index (χ0v) is 14.0. The van der Waals surface area contributed by atoms with E-state index in [-0.39, 0.29) is 5.91 Å². The minimum atomic E-state index is -0.0586. The Labute approximate surface area is 131 Å². The largest absolute Gasteiger partial charge is 0.351 e. The van der Waals surface area contributed by atoms with Crippen molar-refractivity contribution in [2.24, 2.45) is 0 Å². The van der Waals surface area contributed by atoms with Gasteiger partial charge in [-0.1, -0.05) is 18.2 Å². The highest BCUT2D eigenvalue weighted by atomic mass is 16.1. The molecular weight excluding hydrogens is 276 g/mol. The molecular formula is C17H24N4O. The summed E-state index contributed by atoms with van der Waals surface area (Å²) >= 11 is 0. The molecule has 0 radical (unpaired) electrons. The Kier molecular flexibility index (Phi) is 4.98. The van der Waals surface area contributed by atoms with Crippen LogP contribution in [0.15, 0.2) is 24.3 Å². The first-order valence-corrected chi connectivity index (χ1v) is 7.47. The highest BCUT2D eigenvalue weighted by molar-refractivity contribution is 5.96. The van der Waals surface area contributed by atoms with Gasteiger partial charge in [0.15, 0.2) is 0 Å². The number of rotatable bonds is 5. The van der Waals surface area contributed by atoms with Crippen LogP contribution in [0.1, 0.15) is 27.3 Å². The molecule has 1 N–H and O–H groups in total. The van der Waals surface area contributed by atoms with Crippen molar-refractivity contribution in [3.63, 3.8) is 0 Å². The molecule has 0 aliphatic carbocycles. The first kappa shape index (κ1) is 16.2. The number of aryl methyl sites for hydroxylation is 2. The maximum absolute atomic E-state index is 12.4.